The van der Waals surface area contributed by atoms with Crippen LogP contribution in [-0.4, -0.2) is 46.3 Å². The molecule has 214 valence electrons. The summed E-state index contributed by atoms with van der Waals surface area (Å²) in [5.41, 5.74) is 0. The van der Waals surface area contributed by atoms with Crippen LogP contribution in [0.3, 0.4) is 0 Å². The summed E-state index contributed by atoms with van der Waals surface area (Å²) in [7, 11) is -2.81. The van der Waals surface area contributed by atoms with E-state index in [0.29, 0.717) is 0 Å². The molecule has 1 heterocycles. The Morgan fingerprint density at radius 3 is 0.667 bits per heavy atom. The molecule has 0 spiro atoms. The van der Waals surface area contributed by atoms with E-state index >= 15 is 0 Å². The molecule has 0 radical (unpaired) electrons. The SMILES string of the molecule is FC(F)(Cl)C(F)(F)C(F)(F)C(F)(F)C(F)(F)c1ssc1C(F)(F)C(F)(F)C(F)(F)C(F)(F)C(F)(F)Cl. The second-order valence-electron chi connectivity index (χ2n) is 6.42. The van der Waals surface area contributed by atoms with Crippen molar-refractivity contribution in [3.8, 4) is 0 Å². The Labute approximate surface area is 200 Å². The second-order valence-corrected chi connectivity index (χ2v) is 9.51. The van der Waals surface area contributed by atoms with E-state index in [2.05, 4.69) is 23.2 Å². The van der Waals surface area contributed by atoms with Gasteiger partial charge in [-0.3, -0.25) is 0 Å². The molecule has 0 atom stereocenters. The van der Waals surface area contributed by atoms with Crippen molar-refractivity contribution in [2.24, 2.45) is 0 Å². The monoisotopic (exact) mass is 658 g/mol. The van der Waals surface area contributed by atoms with Crippen molar-refractivity contribution in [3.63, 3.8) is 0 Å². The van der Waals surface area contributed by atoms with Crippen LogP contribution in [0.25, 0.3) is 0 Å². The average Bonchev–Trinajstić information content (AvgIpc) is 2.56. The molecule has 1 aromatic rings. The third-order valence-corrected chi connectivity index (χ3v) is 7.25. The average molecular weight is 659 g/mol. The largest absolute Gasteiger partial charge is 0.393 e. The summed E-state index contributed by atoms with van der Waals surface area (Å²) in [4.78, 5) is -7.18. The highest BCUT2D eigenvalue weighted by molar-refractivity contribution is 7.72. The lowest BCUT2D eigenvalue weighted by atomic mass is 9.93. The Balaban J connectivity index is 3.73. The van der Waals surface area contributed by atoms with Gasteiger partial charge in [-0.15, -0.1) is 0 Å². The van der Waals surface area contributed by atoms with Crippen molar-refractivity contribution in [2.45, 2.75) is 58.1 Å². The molecular weight excluding hydrogens is 659 g/mol. The molecule has 0 N–H and O–H groups in total. The van der Waals surface area contributed by atoms with Crippen molar-refractivity contribution in [2.75, 3.05) is 0 Å². The number of alkyl halides is 22. The van der Waals surface area contributed by atoms with Crippen LogP contribution in [0.1, 0.15) is 9.75 Å². The Morgan fingerprint density at radius 2 is 0.528 bits per heavy atom. The summed E-state index contributed by atoms with van der Waals surface area (Å²) in [5, 5.41) is -13.5. The van der Waals surface area contributed by atoms with Crippen LogP contribution in [0.5, 0.6) is 0 Å². The molecule has 0 bridgehead atoms. The lowest BCUT2D eigenvalue weighted by molar-refractivity contribution is -0.397. The summed E-state index contributed by atoms with van der Waals surface area (Å²) in [6, 6.07) is 0. The van der Waals surface area contributed by atoms with Crippen LogP contribution in [0.4, 0.5) is 87.8 Å². The quantitative estimate of drug-likeness (QED) is 0.134. The fraction of sp³-hybridized carbons (Fsp3) is 0.833. The fourth-order valence-electron chi connectivity index (χ4n) is 1.94. The van der Waals surface area contributed by atoms with Gasteiger partial charge in [-0.1, -0.05) is 20.7 Å². The lowest BCUT2D eigenvalue weighted by Crippen LogP contribution is -2.66. The summed E-state index contributed by atoms with van der Waals surface area (Å²) in [5.74, 6) is -61.8. The number of halogens is 22. The van der Waals surface area contributed by atoms with Crippen LogP contribution in [0.2, 0.25) is 0 Å². The Morgan fingerprint density at radius 1 is 0.333 bits per heavy atom. The highest BCUT2D eigenvalue weighted by atomic mass is 35.5. The van der Waals surface area contributed by atoms with Crippen molar-refractivity contribution < 1.29 is 87.8 Å². The summed E-state index contributed by atoms with van der Waals surface area (Å²) in [6.07, 6.45) is 0. The maximum Gasteiger partial charge on any atom is 0.393 e. The standard InChI is InChI=1S/C12Cl2F20S2/c13-11(31,32)9(27,28)7(23,24)5(19,20)3(15,16)1-2(36-35-1)4(17,18)6(21,22)8(25,26)10(29,30)12(14,33)34. The molecule has 0 aliphatic rings. The van der Waals surface area contributed by atoms with Gasteiger partial charge in [0.15, 0.2) is 0 Å². The van der Waals surface area contributed by atoms with Crippen LogP contribution < -0.4 is 0 Å². The highest BCUT2D eigenvalue weighted by Gasteiger charge is 2.89. The van der Waals surface area contributed by atoms with Crippen LogP contribution in [0.15, 0.2) is 0 Å². The number of rotatable bonds is 10. The van der Waals surface area contributed by atoms with Gasteiger partial charge in [0.2, 0.25) is 0 Å². The highest BCUT2D eigenvalue weighted by Crippen LogP contribution is 2.66. The van der Waals surface area contributed by atoms with Crippen LogP contribution in [-0.2, 0) is 11.8 Å². The van der Waals surface area contributed by atoms with Crippen molar-refractivity contribution in [1.29, 1.82) is 0 Å². The second kappa shape index (κ2) is 8.43. The number of hydrogen-bond donors (Lipinski definition) is 0. The lowest BCUT2D eigenvalue weighted by Gasteiger charge is -2.40. The fourth-order valence-corrected chi connectivity index (χ4v) is 4.53. The minimum Gasteiger partial charge on any atom is -0.193 e. The molecule has 0 aliphatic carbocycles. The van der Waals surface area contributed by atoms with Gasteiger partial charge < -0.3 is 0 Å². The van der Waals surface area contributed by atoms with Gasteiger partial charge in [0, 0.05) is 0 Å². The predicted molar refractivity (Wildman–Crippen MR) is 81.3 cm³/mol. The van der Waals surface area contributed by atoms with E-state index in [1.807, 2.05) is 0 Å². The molecule has 36 heavy (non-hydrogen) atoms. The molecule has 0 fully saturated rings. The van der Waals surface area contributed by atoms with Gasteiger partial charge in [0.1, 0.15) is 9.75 Å². The topological polar surface area (TPSA) is 0 Å². The van der Waals surface area contributed by atoms with E-state index in [4.69, 9.17) is 0 Å². The van der Waals surface area contributed by atoms with E-state index in [9.17, 15) is 87.8 Å². The molecule has 0 nitrogen and oxygen atoms in total. The van der Waals surface area contributed by atoms with E-state index in [1.165, 1.54) is 0 Å². The summed E-state index contributed by atoms with van der Waals surface area (Å²) < 4.78 is 266. The van der Waals surface area contributed by atoms with Gasteiger partial charge in [-0.2, -0.15) is 87.8 Å². The van der Waals surface area contributed by atoms with Gasteiger partial charge in [-0.05, 0) is 23.2 Å². The molecule has 0 saturated heterocycles. The van der Waals surface area contributed by atoms with E-state index in [1.54, 1.807) is 0 Å². The van der Waals surface area contributed by atoms with Crippen molar-refractivity contribution in [1.82, 2.24) is 0 Å². The van der Waals surface area contributed by atoms with Crippen LogP contribution >= 0.6 is 43.9 Å². The minimum absolute atomic E-state index is 1.40. The third-order valence-electron chi connectivity index (χ3n) is 4.06. The molecular formula is C12Cl2F20S2. The Hall–Kier alpha value is -0.640. The molecule has 0 amide bonds. The maximum absolute atomic E-state index is 14.0. The first-order valence-electron chi connectivity index (χ1n) is 7.48. The first-order chi connectivity index (χ1) is 15.2. The molecule has 0 saturated carbocycles. The molecule has 0 unspecified atom stereocenters. The van der Waals surface area contributed by atoms with E-state index in [-0.39, 0.29) is 0 Å². The van der Waals surface area contributed by atoms with Gasteiger partial charge in [0.05, 0.1) is 0 Å². The third kappa shape index (κ3) is 4.10. The van der Waals surface area contributed by atoms with E-state index in [0.717, 1.165) is 0 Å². The van der Waals surface area contributed by atoms with Crippen molar-refractivity contribution in [3.05, 3.63) is 9.75 Å². The summed E-state index contributed by atoms with van der Waals surface area (Å²) >= 11 is 6.95. The summed E-state index contributed by atoms with van der Waals surface area (Å²) in [6.45, 7) is 0. The molecule has 0 aliphatic heterocycles. The first kappa shape index (κ1) is 33.4. The molecule has 1 aromatic heterocycles. The van der Waals surface area contributed by atoms with Crippen molar-refractivity contribution >= 4 is 43.9 Å². The first-order valence-corrected chi connectivity index (χ1v) is 10.4. The van der Waals surface area contributed by atoms with Gasteiger partial charge >= 0.3 is 58.1 Å². The zero-order chi connectivity index (χ0) is 29.6. The molecule has 24 heteroatoms. The van der Waals surface area contributed by atoms with Gasteiger partial charge in [-0.25, -0.2) is 0 Å². The maximum atomic E-state index is 14.0. The predicted octanol–water partition coefficient (Wildman–Crippen LogP) is 9.47. The minimum atomic E-state index is -8.00. The molecule has 0 aromatic carbocycles. The zero-order valence-electron chi connectivity index (χ0n) is 15.1. The normalized spacial score (nSPS) is 16.6. The smallest absolute Gasteiger partial charge is 0.193 e. The van der Waals surface area contributed by atoms with Crippen LogP contribution in [0, 0.1) is 0 Å². The van der Waals surface area contributed by atoms with Gasteiger partial charge in [0.25, 0.3) is 0 Å². The zero-order valence-corrected chi connectivity index (χ0v) is 18.3. The number of hydrogen-bond acceptors (Lipinski definition) is 2. The Kier molecular flexibility index (Phi) is 7.82. The Bertz CT molecular complexity index is 871. The van der Waals surface area contributed by atoms with E-state index < -0.39 is 88.6 Å². The molecule has 1 rings (SSSR count).